The molecular weight excluding hydrogens is 260 g/mol. The van der Waals surface area contributed by atoms with Crippen molar-refractivity contribution in [2.24, 2.45) is 0 Å². The van der Waals surface area contributed by atoms with Crippen LogP contribution in [0.25, 0.3) is 0 Å². The van der Waals surface area contributed by atoms with Crippen molar-refractivity contribution in [3.8, 4) is 0 Å². The van der Waals surface area contributed by atoms with Gasteiger partial charge in [-0.2, -0.15) is 0 Å². The quantitative estimate of drug-likeness (QED) is 0.822. The lowest BCUT2D eigenvalue weighted by Crippen LogP contribution is -2.38. The van der Waals surface area contributed by atoms with E-state index in [-0.39, 0.29) is 6.42 Å². The van der Waals surface area contributed by atoms with E-state index in [4.69, 9.17) is 5.11 Å². The molecule has 1 unspecified atom stereocenters. The fraction of sp³-hybridized carbons (Fsp3) is 0.364. The molecule has 2 N–H and O–H groups in total. The lowest BCUT2D eigenvalue weighted by atomic mass is 9.79. The van der Waals surface area contributed by atoms with Crippen molar-refractivity contribution in [1.29, 1.82) is 0 Å². The minimum absolute atomic E-state index is 0.284. The summed E-state index contributed by atoms with van der Waals surface area (Å²) in [5.74, 6) is -1.17. The van der Waals surface area contributed by atoms with E-state index >= 15 is 0 Å². The molecule has 80 valence electrons. The van der Waals surface area contributed by atoms with Crippen LogP contribution in [0.1, 0.15) is 24.0 Å². The SMILES string of the molecule is O=C(O)C1(O)CCCc2ccc(Br)cc21. The van der Waals surface area contributed by atoms with Gasteiger partial charge in [0, 0.05) is 4.47 Å². The van der Waals surface area contributed by atoms with E-state index in [0.717, 1.165) is 16.5 Å². The van der Waals surface area contributed by atoms with E-state index < -0.39 is 11.6 Å². The van der Waals surface area contributed by atoms with E-state index in [9.17, 15) is 9.90 Å². The predicted molar refractivity (Wildman–Crippen MR) is 58.6 cm³/mol. The first-order valence-electron chi connectivity index (χ1n) is 4.79. The molecule has 1 aromatic carbocycles. The molecule has 0 aliphatic heterocycles. The van der Waals surface area contributed by atoms with Crippen molar-refractivity contribution < 1.29 is 15.0 Å². The highest BCUT2D eigenvalue weighted by atomic mass is 79.9. The Labute approximate surface area is 95.9 Å². The molecule has 0 saturated heterocycles. The van der Waals surface area contributed by atoms with Gasteiger partial charge < -0.3 is 10.2 Å². The third kappa shape index (κ3) is 1.68. The van der Waals surface area contributed by atoms with Crippen LogP contribution in [-0.2, 0) is 16.8 Å². The Hall–Kier alpha value is -0.870. The first-order chi connectivity index (χ1) is 7.04. The molecule has 1 aliphatic rings. The number of carbonyl (C=O) groups is 1. The summed E-state index contributed by atoms with van der Waals surface area (Å²) < 4.78 is 0.794. The zero-order valence-corrected chi connectivity index (χ0v) is 9.62. The Bertz CT molecular complexity index is 416. The molecule has 4 heteroatoms. The maximum atomic E-state index is 11.1. The summed E-state index contributed by atoms with van der Waals surface area (Å²) in [7, 11) is 0. The van der Waals surface area contributed by atoms with Crippen LogP contribution in [0.2, 0.25) is 0 Å². The van der Waals surface area contributed by atoms with Crippen LogP contribution in [0.5, 0.6) is 0 Å². The molecule has 1 aliphatic carbocycles. The Morgan fingerprint density at radius 3 is 2.87 bits per heavy atom. The highest BCUT2D eigenvalue weighted by molar-refractivity contribution is 9.10. The smallest absolute Gasteiger partial charge is 0.340 e. The predicted octanol–water partition coefficient (Wildman–Crippen LogP) is 2.06. The van der Waals surface area contributed by atoms with Crippen molar-refractivity contribution in [3.05, 3.63) is 33.8 Å². The van der Waals surface area contributed by atoms with E-state index in [2.05, 4.69) is 15.9 Å². The zero-order valence-electron chi connectivity index (χ0n) is 8.03. The molecular formula is C11H11BrO3. The van der Waals surface area contributed by atoms with Gasteiger partial charge in [0.15, 0.2) is 5.60 Å². The van der Waals surface area contributed by atoms with Crippen molar-refractivity contribution in [2.75, 3.05) is 0 Å². The Kier molecular flexibility index (Phi) is 2.56. The summed E-state index contributed by atoms with van der Waals surface area (Å²) in [5.41, 5.74) is -0.262. The monoisotopic (exact) mass is 270 g/mol. The van der Waals surface area contributed by atoms with Crippen molar-refractivity contribution in [3.63, 3.8) is 0 Å². The second kappa shape index (κ2) is 3.61. The maximum Gasteiger partial charge on any atom is 0.340 e. The lowest BCUT2D eigenvalue weighted by molar-refractivity contribution is -0.161. The third-order valence-electron chi connectivity index (χ3n) is 2.86. The molecule has 0 saturated carbocycles. The molecule has 0 amide bonds. The zero-order chi connectivity index (χ0) is 11.1. The maximum absolute atomic E-state index is 11.1. The molecule has 0 spiro atoms. The second-order valence-corrected chi connectivity index (χ2v) is 4.74. The lowest BCUT2D eigenvalue weighted by Gasteiger charge is -2.30. The van der Waals surface area contributed by atoms with Crippen LogP contribution < -0.4 is 0 Å². The van der Waals surface area contributed by atoms with Crippen molar-refractivity contribution in [2.45, 2.75) is 24.9 Å². The summed E-state index contributed by atoms with van der Waals surface area (Å²) in [4.78, 5) is 11.1. The topological polar surface area (TPSA) is 57.5 Å². The first-order valence-corrected chi connectivity index (χ1v) is 5.58. The van der Waals surface area contributed by atoms with Crippen molar-refractivity contribution >= 4 is 21.9 Å². The Morgan fingerprint density at radius 2 is 2.20 bits per heavy atom. The average Bonchev–Trinajstić information content (AvgIpc) is 2.19. The number of aliphatic hydroxyl groups is 1. The highest BCUT2D eigenvalue weighted by Gasteiger charge is 2.41. The van der Waals surface area contributed by atoms with Gasteiger partial charge in [-0.05, 0) is 42.5 Å². The van der Waals surface area contributed by atoms with Crippen molar-refractivity contribution in [1.82, 2.24) is 0 Å². The number of aliphatic carboxylic acids is 1. The van der Waals surface area contributed by atoms with Crippen LogP contribution in [0.3, 0.4) is 0 Å². The molecule has 0 bridgehead atoms. The Morgan fingerprint density at radius 1 is 1.47 bits per heavy atom. The van der Waals surface area contributed by atoms with Gasteiger partial charge in [0.1, 0.15) is 0 Å². The minimum atomic E-state index is -1.71. The number of rotatable bonds is 1. The van der Waals surface area contributed by atoms with E-state index in [1.54, 1.807) is 6.07 Å². The number of aryl methyl sites for hydroxylation is 1. The fourth-order valence-corrected chi connectivity index (χ4v) is 2.40. The van der Waals surface area contributed by atoms with Gasteiger partial charge in [-0.15, -0.1) is 0 Å². The molecule has 0 aromatic heterocycles. The summed E-state index contributed by atoms with van der Waals surface area (Å²) in [6.07, 6.45) is 1.82. The van der Waals surface area contributed by atoms with Gasteiger partial charge >= 0.3 is 5.97 Å². The molecule has 0 heterocycles. The van der Waals surface area contributed by atoms with Gasteiger partial charge in [0.2, 0.25) is 0 Å². The third-order valence-corrected chi connectivity index (χ3v) is 3.35. The molecule has 0 radical (unpaired) electrons. The number of hydrogen-bond donors (Lipinski definition) is 2. The van der Waals surface area contributed by atoms with E-state index in [1.165, 1.54) is 0 Å². The van der Waals surface area contributed by atoms with Crippen LogP contribution in [0, 0.1) is 0 Å². The normalized spacial score (nSPS) is 24.7. The van der Waals surface area contributed by atoms with Gasteiger partial charge in [-0.3, -0.25) is 0 Å². The van der Waals surface area contributed by atoms with Crippen LogP contribution in [0.4, 0.5) is 0 Å². The van der Waals surface area contributed by atoms with E-state index in [1.807, 2.05) is 12.1 Å². The van der Waals surface area contributed by atoms with Gasteiger partial charge in [0.05, 0.1) is 0 Å². The number of hydrogen-bond acceptors (Lipinski definition) is 2. The molecule has 0 fully saturated rings. The molecule has 1 atom stereocenters. The number of carboxylic acid groups (broad SMARTS) is 1. The summed E-state index contributed by atoms with van der Waals surface area (Å²) in [6, 6.07) is 5.43. The molecule has 1 aromatic rings. The number of halogens is 1. The first kappa shape index (κ1) is 10.6. The average molecular weight is 271 g/mol. The standard InChI is InChI=1S/C11H11BrO3/c12-8-4-3-7-2-1-5-11(15,10(13)14)9(7)6-8/h3-4,6,15H,1-2,5H2,(H,13,14). The van der Waals surface area contributed by atoms with Gasteiger partial charge in [-0.1, -0.05) is 22.0 Å². The largest absolute Gasteiger partial charge is 0.479 e. The summed E-state index contributed by atoms with van der Waals surface area (Å²) in [5, 5.41) is 19.2. The van der Waals surface area contributed by atoms with E-state index in [0.29, 0.717) is 12.0 Å². The molecule has 3 nitrogen and oxygen atoms in total. The Balaban J connectivity index is 2.59. The van der Waals surface area contributed by atoms with Crippen LogP contribution >= 0.6 is 15.9 Å². The van der Waals surface area contributed by atoms with Crippen LogP contribution in [-0.4, -0.2) is 16.2 Å². The number of carboxylic acids is 1. The second-order valence-electron chi connectivity index (χ2n) is 3.82. The summed E-state index contributed by atoms with van der Waals surface area (Å²) >= 11 is 3.29. The summed E-state index contributed by atoms with van der Waals surface area (Å²) in [6.45, 7) is 0. The minimum Gasteiger partial charge on any atom is -0.479 e. The highest BCUT2D eigenvalue weighted by Crippen LogP contribution is 2.36. The van der Waals surface area contributed by atoms with Crippen LogP contribution in [0.15, 0.2) is 22.7 Å². The van der Waals surface area contributed by atoms with Gasteiger partial charge in [-0.25, -0.2) is 4.79 Å². The number of fused-ring (bicyclic) bond motifs is 1. The van der Waals surface area contributed by atoms with Gasteiger partial charge in [0.25, 0.3) is 0 Å². The molecule has 15 heavy (non-hydrogen) atoms. The molecule has 2 rings (SSSR count). The number of benzene rings is 1. The fourth-order valence-electron chi connectivity index (χ4n) is 2.04.